The summed E-state index contributed by atoms with van der Waals surface area (Å²) in [6.45, 7) is 12.0. The molecule has 2 aromatic carbocycles. The molecule has 2 heteroatoms. The molecule has 0 bridgehead atoms. The van der Waals surface area contributed by atoms with Crippen molar-refractivity contribution in [2.24, 2.45) is 0 Å². The molecule has 0 aromatic heterocycles. The molecule has 1 fully saturated rings. The van der Waals surface area contributed by atoms with Crippen LogP contribution in [0, 0.1) is 0 Å². The Bertz CT molecular complexity index is 581. The number of hydrogen-bond acceptors (Lipinski definition) is 0. The lowest BCUT2D eigenvalue weighted by atomic mass is 10.0. The third-order valence-corrected chi connectivity index (χ3v) is 5.06. The van der Waals surface area contributed by atoms with Crippen molar-refractivity contribution in [3.05, 3.63) is 71.3 Å². The van der Waals surface area contributed by atoms with Crippen molar-refractivity contribution in [1.82, 2.24) is 0 Å². The zero-order valence-corrected chi connectivity index (χ0v) is 14.5. The Hall–Kier alpha value is -1.64. The largest absolute Gasteiger partial charge is 0.322 e. The summed E-state index contributed by atoms with van der Waals surface area (Å²) in [5.41, 5.74) is 4.40. The molecule has 1 aliphatic rings. The summed E-state index contributed by atoms with van der Waals surface area (Å²) in [5.74, 6) is 0.626. The average Bonchev–Trinajstić information content (AvgIpc) is 2.58. The maximum Gasteiger partial charge on any atom is 0.127 e. The Morgan fingerprint density at radius 2 is 1.17 bits per heavy atom. The molecule has 1 saturated heterocycles. The highest BCUT2D eigenvalue weighted by molar-refractivity contribution is 5.24. The van der Waals surface area contributed by atoms with Crippen molar-refractivity contribution < 1.29 is 9.80 Å². The predicted octanol–water partition coefficient (Wildman–Crippen LogP) is 1.29. The standard InChI is InChI=1S/C21H28N2/c1-18(2)21-10-8-20(9-11-21)17-23-14-12-22(13-15-23)16-19-6-4-3-5-7-19/h3-11,18H,12-17H2,1-2H3/p+2. The molecule has 1 aliphatic heterocycles. The van der Waals surface area contributed by atoms with Crippen molar-refractivity contribution in [1.29, 1.82) is 0 Å². The molecular formula is C21H30N2+2. The monoisotopic (exact) mass is 310 g/mol. The van der Waals surface area contributed by atoms with E-state index in [0.29, 0.717) is 5.92 Å². The molecule has 0 saturated carbocycles. The van der Waals surface area contributed by atoms with Crippen molar-refractivity contribution in [2.75, 3.05) is 26.2 Å². The second kappa shape index (κ2) is 7.76. The highest BCUT2D eigenvalue weighted by Gasteiger charge is 2.22. The van der Waals surface area contributed by atoms with Crippen LogP contribution in [0.5, 0.6) is 0 Å². The Morgan fingerprint density at radius 1 is 0.696 bits per heavy atom. The van der Waals surface area contributed by atoms with Gasteiger partial charge in [0.1, 0.15) is 39.3 Å². The van der Waals surface area contributed by atoms with E-state index >= 15 is 0 Å². The normalized spacial score (nSPS) is 21.5. The number of benzene rings is 2. The van der Waals surface area contributed by atoms with E-state index in [1.165, 1.54) is 56.0 Å². The van der Waals surface area contributed by atoms with Crippen molar-refractivity contribution in [3.8, 4) is 0 Å². The predicted molar refractivity (Wildman–Crippen MR) is 95.8 cm³/mol. The molecule has 122 valence electrons. The molecule has 0 unspecified atom stereocenters. The highest BCUT2D eigenvalue weighted by Crippen LogP contribution is 2.14. The molecular weight excluding hydrogens is 280 g/mol. The Balaban J connectivity index is 1.47. The van der Waals surface area contributed by atoms with Crippen molar-refractivity contribution in [3.63, 3.8) is 0 Å². The Kier molecular flexibility index (Phi) is 5.47. The van der Waals surface area contributed by atoms with Gasteiger partial charge in [0.25, 0.3) is 0 Å². The number of rotatable bonds is 5. The molecule has 0 spiro atoms. The number of quaternary nitrogens is 2. The van der Waals surface area contributed by atoms with E-state index in [4.69, 9.17) is 0 Å². The first kappa shape index (κ1) is 16.2. The summed E-state index contributed by atoms with van der Waals surface area (Å²) in [6, 6.07) is 20.2. The van der Waals surface area contributed by atoms with E-state index < -0.39 is 0 Å². The minimum atomic E-state index is 0.626. The summed E-state index contributed by atoms with van der Waals surface area (Å²) in [7, 11) is 0. The molecule has 0 atom stereocenters. The summed E-state index contributed by atoms with van der Waals surface area (Å²) >= 11 is 0. The van der Waals surface area contributed by atoms with Crippen LogP contribution < -0.4 is 9.80 Å². The van der Waals surface area contributed by atoms with E-state index in [1.807, 2.05) is 0 Å². The average molecular weight is 310 g/mol. The van der Waals surface area contributed by atoms with Gasteiger partial charge in [0, 0.05) is 11.1 Å². The van der Waals surface area contributed by atoms with Crippen LogP contribution in [0.3, 0.4) is 0 Å². The first-order valence-corrected chi connectivity index (χ1v) is 9.00. The maximum absolute atomic E-state index is 2.32. The summed E-state index contributed by atoms with van der Waals surface area (Å²) in [6.07, 6.45) is 0. The third kappa shape index (κ3) is 4.66. The van der Waals surface area contributed by atoms with Gasteiger partial charge in [0.2, 0.25) is 0 Å². The zero-order chi connectivity index (χ0) is 16.1. The third-order valence-electron chi connectivity index (χ3n) is 5.06. The van der Waals surface area contributed by atoms with Crippen LogP contribution >= 0.6 is 0 Å². The van der Waals surface area contributed by atoms with Crippen LogP contribution in [0.15, 0.2) is 54.6 Å². The zero-order valence-electron chi connectivity index (χ0n) is 14.5. The molecule has 3 rings (SSSR count). The first-order chi connectivity index (χ1) is 11.2. The fraction of sp³-hybridized carbons (Fsp3) is 0.429. The van der Waals surface area contributed by atoms with Gasteiger partial charge < -0.3 is 9.80 Å². The fourth-order valence-corrected chi connectivity index (χ4v) is 3.50. The second-order valence-electron chi connectivity index (χ2n) is 7.24. The molecule has 23 heavy (non-hydrogen) atoms. The van der Waals surface area contributed by atoms with Gasteiger partial charge in [-0.15, -0.1) is 0 Å². The quantitative estimate of drug-likeness (QED) is 0.824. The van der Waals surface area contributed by atoms with Crippen LogP contribution in [-0.2, 0) is 13.1 Å². The molecule has 0 aliphatic carbocycles. The van der Waals surface area contributed by atoms with Crippen LogP contribution in [0.4, 0.5) is 0 Å². The van der Waals surface area contributed by atoms with E-state index in [0.717, 1.165) is 0 Å². The van der Waals surface area contributed by atoms with E-state index in [-0.39, 0.29) is 0 Å². The van der Waals surface area contributed by atoms with Gasteiger partial charge >= 0.3 is 0 Å². The number of piperazine rings is 1. The van der Waals surface area contributed by atoms with Crippen LogP contribution in [0.25, 0.3) is 0 Å². The Labute approximate surface area is 140 Å². The van der Waals surface area contributed by atoms with Gasteiger partial charge in [-0.2, -0.15) is 0 Å². The lowest BCUT2D eigenvalue weighted by Gasteiger charge is -2.29. The van der Waals surface area contributed by atoms with Crippen LogP contribution in [0.2, 0.25) is 0 Å². The molecule has 2 nitrogen and oxygen atoms in total. The van der Waals surface area contributed by atoms with Crippen molar-refractivity contribution >= 4 is 0 Å². The molecule has 1 heterocycles. The van der Waals surface area contributed by atoms with Gasteiger partial charge in [0.05, 0.1) is 0 Å². The van der Waals surface area contributed by atoms with Gasteiger partial charge in [-0.3, -0.25) is 0 Å². The van der Waals surface area contributed by atoms with Crippen LogP contribution in [-0.4, -0.2) is 26.2 Å². The van der Waals surface area contributed by atoms with Crippen molar-refractivity contribution in [2.45, 2.75) is 32.9 Å². The van der Waals surface area contributed by atoms with Gasteiger partial charge in [-0.1, -0.05) is 68.4 Å². The minimum absolute atomic E-state index is 0.626. The van der Waals surface area contributed by atoms with E-state index in [9.17, 15) is 0 Å². The lowest BCUT2D eigenvalue weighted by Crippen LogP contribution is -3.27. The molecule has 2 N–H and O–H groups in total. The van der Waals surface area contributed by atoms with E-state index in [2.05, 4.69) is 68.4 Å². The van der Waals surface area contributed by atoms with Crippen LogP contribution in [0.1, 0.15) is 36.5 Å². The minimum Gasteiger partial charge on any atom is -0.322 e. The first-order valence-electron chi connectivity index (χ1n) is 9.00. The number of hydrogen-bond donors (Lipinski definition) is 2. The lowest BCUT2D eigenvalue weighted by molar-refractivity contribution is -1.02. The van der Waals surface area contributed by atoms with Gasteiger partial charge in [0.15, 0.2) is 0 Å². The topological polar surface area (TPSA) is 8.88 Å². The van der Waals surface area contributed by atoms with Gasteiger partial charge in [-0.05, 0) is 11.5 Å². The van der Waals surface area contributed by atoms with E-state index in [1.54, 1.807) is 9.80 Å². The second-order valence-corrected chi connectivity index (χ2v) is 7.24. The molecule has 0 radical (unpaired) electrons. The maximum atomic E-state index is 2.32. The Morgan fingerprint density at radius 3 is 1.65 bits per heavy atom. The smallest absolute Gasteiger partial charge is 0.127 e. The highest BCUT2D eigenvalue weighted by atomic mass is 15.3. The van der Waals surface area contributed by atoms with Gasteiger partial charge in [-0.25, -0.2) is 0 Å². The molecule has 0 amide bonds. The summed E-state index contributed by atoms with van der Waals surface area (Å²) in [5, 5.41) is 0. The fourth-order valence-electron chi connectivity index (χ4n) is 3.50. The molecule has 2 aromatic rings. The summed E-state index contributed by atoms with van der Waals surface area (Å²) < 4.78 is 0. The summed E-state index contributed by atoms with van der Waals surface area (Å²) in [4.78, 5) is 3.47. The SMILES string of the molecule is CC(C)c1ccc(C[NH+]2CC[NH+](Cc3ccccc3)CC2)cc1. The number of nitrogens with one attached hydrogen (secondary N) is 2.